The van der Waals surface area contributed by atoms with E-state index in [-0.39, 0.29) is 29.7 Å². The first-order chi connectivity index (χ1) is 12.5. The van der Waals surface area contributed by atoms with Gasteiger partial charge in [-0.15, -0.1) is 0 Å². The fraction of sp³-hybridized carbons (Fsp3) is 0.526. The highest BCUT2D eigenvalue weighted by molar-refractivity contribution is 7.22. The predicted molar refractivity (Wildman–Crippen MR) is 102 cm³/mol. The number of benzene rings is 1. The number of carbonyl (C=O) groups excluding carboxylic acids is 2. The van der Waals surface area contributed by atoms with Gasteiger partial charge in [0.1, 0.15) is 5.75 Å². The van der Waals surface area contributed by atoms with Crippen LogP contribution in [0.15, 0.2) is 18.2 Å². The number of hydrogen-bond acceptors (Lipinski definition) is 5. The van der Waals surface area contributed by atoms with Crippen molar-refractivity contribution in [1.82, 2.24) is 10.3 Å². The molecule has 0 bridgehead atoms. The highest BCUT2D eigenvalue weighted by atomic mass is 32.1. The number of fused-ring (bicyclic) bond motifs is 1. The van der Waals surface area contributed by atoms with Crippen LogP contribution >= 0.6 is 11.3 Å². The number of ether oxygens (including phenoxy) is 1. The first kappa shape index (κ1) is 17.3. The van der Waals surface area contributed by atoms with Crippen molar-refractivity contribution in [2.45, 2.75) is 45.1 Å². The summed E-state index contributed by atoms with van der Waals surface area (Å²) in [7, 11) is 0. The van der Waals surface area contributed by atoms with Crippen molar-refractivity contribution in [3.63, 3.8) is 0 Å². The van der Waals surface area contributed by atoms with Gasteiger partial charge in [-0.25, -0.2) is 4.98 Å². The van der Waals surface area contributed by atoms with Crippen LogP contribution in [-0.2, 0) is 9.59 Å². The van der Waals surface area contributed by atoms with E-state index < -0.39 is 0 Å². The number of amides is 2. The summed E-state index contributed by atoms with van der Waals surface area (Å²) in [6, 6.07) is 5.74. The van der Waals surface area contributed by atoms with Crippen LogP contribution in [0.4, 0.5) is 5.13 Å². The Morgan fingerprint density at radius 2 is 2.27 bits per heavy atom. The van der Waals surface area contributed by atoms with Crippen molar-refractivity contribution in [3.8, 4) is 5.75 Å². The van der Waals surface area contributed by atoms with Gasteiger partial charge in [0.25, 0.3) is 0 Å². The number of aromatic nitrogens is 1. The van der Waals surface area contributed by atoms with Crippen molar-refractivity contribution >= 4 is 38.5 Å². The Bertz CT molecular complexity index is 859. The summed E-state index contributed by atoms with van der Waals surface area (Å²) in [6.07, 6.45) is 3.44. The van der Waals surface area contributed by atoms with Crippen LogP contribution in [0.1, 0.15) is 39.5 Å². The second kappa shape index (κ2) is 6.54. The number of rotatable bonds is 5. The Balaban J connectivity index is 1.50. The molecule has 2 amide bonds. The van der Waals surface area contributed by atoms with E-state index in [1.54, 1.807) is 4.90 Å². The van der Waals surface area contributed by atoms with Crippen LogP contribution in [0.3, 0.4) is 0 Å². The van der Waals surface area contributed by atoms with Gasteiger partial charge in [-0.2, -0.15) is 0 Å². The lowest BCUT2D eigenvalue weighted by atomic mass is 9.78. The monoisotopic (exact) mass is 373 g/mol. The van der Waals surface area contributed by atoms with Gasteiger partial charge in [-0.05, 0) is 51.3 Å². The van der Waals surface area contributed by atoms with E-state index in [1.807, 2.05) is 25.1 Å². The summed E-state index contributed by atoms with van der Waals surface area (Å²) in [4.78, 5) is 31.2. The molecule has 138 valence electrons. The Hall–Kier alpha value is -2.15. The molecular weight excluding hydrogens is 350 g/mol. The fourth-order valence-electron chi connectivity index (χ4n) is 3.56. The molecule has 2 aromatic rings. The lowest BCUT2D eigenvalue weighted by Gasteiger charge is -2.39. The molecule has 1 aromatic heterocycles. The molecule has 1 aliphatic carbocycles. The number of nitrogens with zero attached hydrogens (tertiary/aromatic N) is 2. The maximum atomic E-state index is 12.5. The maximum Gasteiger partial charge on any atom is 0.229 e. The smallest absolute Gasteiger partial charge is 0.229 e. The molecule has 0 spiro atoms. The Morgan fingerprint density at radius 1 is 1.46 bits per heavy atom. The van der Waals surface area contributed by atoms with E-state index in [1.165, 1.54) is 11.3 Å². The highest BCUT2D eigenvalue weighted by Gasteiger charge is 2.40. The van der Waals surface area contributed by atoms with Gasteiger partial charge in [0.15, 0.2) is 5.13 Å². The average Bonchev–Trinajstić information content (AvgIpc) is 3.16. The third-order valence-corrected chi connectivity index (χ3v) is 6.31. The van der Waals surface area contributed by atoms with Crippen LogP contribution in [0.2, 0.25) is 0 Å². The minimum Gasteiger partial charge on any atom is -0.494 e. The second-order valence-electron chi connectivity index (χ2n) is 7.37. The van der Waals surface area contributed by atoms with Crippen molar-refractivity contribution in [2.24, 2.45) is 5.92 Å². The zero-order valence-corrected chi connectivity index (χ0v) is 15.9. The van der Waals surface area contributed by atoms with Crippen molar-refractivity contribution in [2.75, 3.05) is 18.1 Å². The molecule has 1 aliphatic heterocycles. The first-order valence-corrected chi connectivity index (χ1v) is 9.95. The molecule has 1 saturated carbocycles. The average molecular weight is 373 g/mol. The fourth-order valence-corrected chi connectivity index (χ4v) is 4.58. The quantitative estimate of drug-likeness (QED) is 0.874. The van der Waals surface area contributed by atoms with E-state index in [9.17, 15) is 9.59 Å². The number of carbonyl (C=O) groups is 2. The zero-order valence-electron chi connectivity index (χ0n) is 15.1. The maximum absolute atomic E-state index is 12.5. The van der Waals surface area contributed by atoms with Crippen molar-refractivity contribution in [3.05, 3.63) is 18.2 Å². The van der Waals surface area contributed by atoms with Crippen molar-refractivity contribution in [1.29, 1.82) is 0 Å². The molecular formula is C19H23N3O3S. The molecule has 1 atom stereocenters. The SMILES string of the molecule is CCOc1ccc2nc(N3CC(C(=O)NC4(C)CCC4)CC3=O)sc2c1. The van der Waals surface area contributed by atoms with Gasteiger partial charge in [-0.3, -0.25) is 14.5 Å². The van der Waals surface area contributed by atoms with Gasteiger partial charge in [0.2, 0.25) is 11.8 Å². The molecule has 26 heavy (non-hydrogen) atoms. The number of thiazole rings is 1. The molecule has 1 unspecified atom stereocenters. The third-order valence-electron chi connectivity index (χ3n) is 5.27. The lowest BCUT2D eigenvalue weighted by molar-refractivity contribution is -0.128. The van der Waals surface area contributed by atoms with Crippen LogP contribution in [0.25, 0.3) is 10.2 Å². The largest absolute Gasteiger partial charge is 0.494 e. The molecule has 2 aliphatic rings. The molecule has 0 radical (unpaired) electrons. The normalized spacial score (nSPS) is 21.7. The molecule has 1 aromatic carbocycles. The summed E-state index contributed by atoms with van der Waals surface area (Å²) in [5, 5.41) is 3.78. The topological polar surface area (TPSA) is 71.5 Å². The molecule has 2 heterocycles. The van der Waals surface area contributed by atoms with Crippen molar-refractivity contribution < 1.29 is 14.3 Å². The zero-order chi connectivity index (χ0) is 18.3. The molecule has 6 nitrogen and oxygen atoms in total. The third kappa shape index (κ3) is 3.16. The number of hydrogen-bond donors (Lipinski definition) is 1. The number of nitrogens with one attached hydrogen (secondary N) is 1. The molecule has 7 heteroatoms. The first-order valence-electron chi connectivity index (χ1n) is 9.13. The van der Waals surface area contributed by atoms with Crippen LogP contribution in [0.5, 0.6) is 5.75 Å². The summed E-state index contributed by atoms with van der Waals surface area (Å²) in [5.74, 6) is 0.454. The standard InChI is InChI=1S/C19H23N3O3S/c1-3-25-13-5-6-14-15(10-13)26-18(20-14)22-11-12(9-16(22)23)17(24)21-19(2)7-4-8-19/h5-6,10,12H,3-4,7-9,11H2,1-2H3,(H,21,24). The predicted octanol–water partition coefficient (Wildman–Crippen LogP) is 3.11. The highest BCUT2D eigenvalue weighted by Crippen LogP contribution is 2.35. The summed E-state index contributed by atoms with van der Waals surface area (Å²) in [6.45, 7) is 5.03. The minimum absolute atomic E-state index is 0.0113. The number of anilines is 1. The van der Waals surface area contributed by atoms with E-state index in [4.69, 9.17) is 4.74 Å². The lowest BCUT2D eigenvalue weighted by Crippen LogP contribution is -2.53. The second-order valence-corrected chi connectivity index (χ2v) is 8.38. The van der Waals surface area contributed by atoms with Gasteiger partial charge in [0.05, 0.1) is 22.7 Å². The van der Waals surface area contributed by atoms with Gasteiger partial charge < -0.3 is 10.1 Å². The van der Waals surface area contributed by atoms with Crippen LogP contribution in [-0.4, -0.2) is 35.5 Å². The Kier molecular flexibility index (Phi) is 4.34. The van der Waals surface area contributed by atoms with Gasteiger partial charge in [0, 0.05) is 18.5 Å². The summed E-state index contributed by atoms with van der Waals surface area (Å²) >= 11 is 1.46. The van der Waals surface area contributed by atoms with Gasteiger partial charge >= 0.3 is 0 Å². The molecule has 1 N–H and O–H groups in total. The molecule has 4 rings (SSSR count). The van der Waals surface area contributed by atoms with Crippen LogP contribution in [0, 0.1) is 5.92 Å². The minimum atomic E-state index is -0.300. The van der Waals surface area contributed by atoms with Gasteiger partial charge in [-0.1, -0.05) is 11.3 Å². The molecule has 1 saturated heterocycles. The van der Waals surface area contributed by atoms with E-state index in [0.29, 0.717) is 18.3 Å². The van der Waals surface area contributed by atoms with E-state index in [2.05, 4.69) is 17.2 Å². The summed E-state index contributed by atoms with van der Waals surface area (Å²) < 4.78 is 6.51. The molecule has 2 fully saturated rings. The van der Waals surface area contributed by atoms with Crippen LogP contribution < -0.4 is 15.0 Å². The summed E-state index contributed by atoms with van der Waals surface area (Å²) in [5.41, 5.74) is 0.759. The van der Waals surface area contributed by atoms with E-state index in [0.717, 1.165) is 35.2 Å². The Labute approximate surface area is 156 Å². The Morgan fingerprint density at radius 3 is 2.96 bits per heavy atom. The van der Waals surface area contributed by atoms with E-state index >= 15 is 0 Å².